The number of carbonyl (C=O) groups excluding carboxylic acids is 1. The summed E-state index contributed by atoms with van der Waals surface area (Å²) in [7, 11) is 0. The number of nitrogens with two attached hydrogens (primary N) is 3. The lowest BCUT2D eigenvalue weighted by molar-refractivity contribution is 0.0996. The predicted molar refractivity (Wildman–Crippen MR) is 75.2 cm³/mol. The van der Waals surface area contributed by atoms with Crippen molar-refractivity contribution in [2.24, 2.45) is 5.73 Å². The molecule has 110 valence electrons. The molecule has 2 aromatic rings. The van der Waals surface area contributed by atoms with Gasteiger partial charge in [-0.25, -0.2) is 8.78 Å². The van der Waals surface area contributed by atoms with Gasteiger partial charge in [-0.2, -0.15) is 0 Å². The number of nitrogen functional groups attached to an aromatic ring is 2. The molecule has 0 aromatic heterocycles. The van der Waals surface area contributed by atoms with Crippen molar-refractivity contribution in [3.8, 4) is 11.5 Å². The zero-order valence-electron chi connectivity index (χ0n) is 10.5. The maximum absolute atomic E-state index is 13.9. The first-order chi connectivity index (χ1) is 9.81. The molecule has 0 spiro atoms. The summed E-state index contributed by atoms with van der Waals surface area (Å²) in [5, 5.41) is -0.353. The molecule has 0 saturated carbocycles. The maximum Gasteiger partial charge on any atom is 0.251 e. The Morgan fingerprint density at radius 1 is 1.14 bits per heavy atom. The maximum atomic E-state index is 13.9. The number of primary amides is 1. The number of ether oxygens (including phenoxy) is 1. The van der Waals surface area contributed by atoms with E-state index in [0.717, 1.165) is 12.1 Å². The zero-order valence-corrected chi connectivity index (χ0v) is 11.2. The molecule has 1 amide bonds. The van der Waals surface area contributed by atoms with Gasteiger partial charge in [-0.3, -0.25) is 4.79 Å². The van der Waals surface area contributed by atoms with Crippen molar-refractivity contribution in [2.75, 3.05) is 11.5 Å². The molecule has 0 radical (unpaired) electrons. The van der Waals surface area contributed by atoms with Crippen LogP contribution in [0.1, 0.15) is 10.4 Å². The van der Waals surface area contributed by atoms with Crippen LogP contribution in [0.25, 0.3) is 0 Å². The van der Waals surface area contributed by atoms with E-state index in [1.165, 1.54) is 12.1 Å². The van der Waals surface area contributed by atoms with E-state index in [9.17, 15) is 13.6 Å². The molecular weight excluding hydrogens is 304 g/mol. The van der Waals surface area contributed by atoms with Gasteiger partial charge < -0.3 is 21.9 Å². The standard InChI is InChI=1S/C13H10ClF2N3O2/c14-10-8(17)4-9(18)12(11(10)16)21-5-1-2-6(13(19)20)7(15)3-5/h1-4H,17-18H2,(H2,19,20). The van der Waals surface area contributed by atoms with Crippen molar-refractivity contribution in [3.05, 3.63) is 46.5 Å². The van der Waals surface area contributed by atoms with Crippen LogP contribution in [0.2, 0.25) is 5.02 Å². The van der Waals surface area contributed by atoms with Crippen molar-refractivity contribution in [1.82, 2.24) is 0 Å². The summed E-state index contributed by atoms with van der Waals surface area (Å²) < 4.78 is 32.7. The van der Waals surface area contributed by atoms with E-state index in [2.05, 4.69) is 0 Å². The summed E-state index contributed by atoms with van der Waals surface area (Å²) in [6.45, 7) is 0. The second-order valence-corrected chi connectivity index (χ2v) is 4.50. The minimum atomic E-state index is -0.964. The largest absolute Gasteiger partial charge is 0.452 e. The molecule has 8 heteroatoms. The third kappa shape index (κ3) is 2.82. The van der Waals surface area contributed by atoms with Crippen molar-refractivity contribution >= 4 is 28.9 Å². The Kier molecular flexibility index (Phi) is 3.86. The minimum absolute atomic E-state index is 0.0470. The number of amides is 1. The van der Waals surface area contributed by atoms with Gasteiger partial charge in [0.25, 0.3) is 5.91 Å². The van der Waals surface area contributed by atoms with Crippen LogP contribution >= 0.6 is 11.6 Å². The molecule has 2 rings (SSSR count). The molecule has 0 aliphatic heterocycles. The fraction of sp³-hybridized carbons (Fsp3) is 0. The Balaban J connectivity index is 2.42. The first-order valence-corrected chi connectivity index (χ1v) is 5.99. The van der Waals surface area contributed by atoms with Crippen LogP contribution < -0.4 is 21.9 Å². The van der Waals surface area contributed by atoms with E-state index in [4.69, 9.17) is 33.5 Å². The monoisotopic (exact) mass is 313 g/mol. The molecule has 0 atom stereocenters. The van der Waals surface area contributed by atoms with Crippen LogP contribution in [-0.2, 0) is 0 Å². The number of hydrogen-bond donors (Lipinski definition) is 3. The molecule has 5 nitrogen and oxygen atoms in total. The smallest absolute Gasteiger partial charge is 0.251 e. The van der Waals surface area contributed by atoms with E-state index < -0.39 is 17.5 Å². The quantitative estimate of drug-likeness (QED) is 0.758. The van der Waals surface area contributed by atoms with Crippen molar-refractivity contribution in [1.29, 1.82) is 0 Å². The molecular formula is C13H10ClF2N3O2. The minimum Gasteiger partial charge on any atom is -0.452 e. The highest BCUT2D eigenvalue weighted by atomic mass is 35.5. The van der Waals surface area contributed by atoms with E-state index in [-0.39, 0.29) is 33.5 Å². The van der Waals surface area contributed by atoms with Crippen LogP contribution in [0.3, 0.4) is 0 Å². The highest BCUT2D eigenvalue weighted by molar-refractivity contribution is 6.33. The first-order valence-electron chi connectivity index (χ1n) is 5.61. The van der Waals surface area contributed by atoms with Gasteiger partial charge in [0.15, 0.2) is 11.6 Å². The van der Waals surface area contributed by atoms with Gasteiger partial charge in [-0.15, -0.1) is 0 Å². The lowest BCUT2D eigenvalue weighted by Crippen LogP contribution is -2.12. The normalized spacial score (nSPS) is 10.4. The van der Waals surface area contributed by atoms with Crippen molar-refractivity contribution in [3.63, 3.8) is 0 Å². The Morgan fingerprint density at radius 3 is 2.38 bits per heavy atom. The molecule has 0 fully saturated rings. The topological polar surface area (TPSA) is 104 Å². The summed E-state index contributed by atoms with van der Waals surface area (Å²) >= 11 is 5.65. The molecule has 0 aliphatic rings. The van der Waals surface area contributed by atoms with Crippen LogP contribution in [0.5, 0.6) is 11.5 Å². The van der Waals surface area contributed by atoms with Gasteiger partial charge >= 0.3 is 0 Å². The SMILES string of the molecule is NC(=O)c1ccc(Oc2c(N)cc(N)c(Cl)c2F)cc1F. The molecule has 0 heterocycles. The fourth-order valence-electron chi connectivity index (χ4n) is 1.63. The van der Waals surface area contributed by atoms with Crippen molar-refractivity contribution in [2.45, 2.75) is 0 Å². The van der Waals surface area contributed by atoms with Crippen LogP contribution in [0.4, 0.5) is 20.2 Å². The molecule has 21 heavy (non-hydrogen) atoms. The summed E-state index contributed by atoms with van der Waals surface area (Å²) in [5.41, 5.74) is 15.5. The third-order valence-electron chi connectivity index (χ3n) is 2.64. The summed E-state index contributed by atoms with van der Waals surface area (Å²) in [6.07, 6.45) is 0. The molecule has 2 aromatic carbocycles. The predicted octanol–water partition coefficient (Wildman–Crippen LogP) is 2.67. The Bertz CT molecular complexity index is 738. The highest BCUT2D eigenvalue weighted by Crippen LogP contribution is 2.38. The molecule has 0 unspecified atom stereocenters. The molecule has 0 aliphatic carbocycles. The Morgan fingerprint density at radius 2 is 1.81 bits per heavy atom. The average molecular weight is 314 g/mol. The lowest BCUT2D eigenvalue weighted by atomic mass is 10.2. The number of hydrogen-bond acceptors (Lipinski definition) is 4. The summed E-state index contributed by atoms with van der Waals surface area (Å²) in [4.78, 5) is 10.9. The number of anilines is 2. The van der Waals surface area contributed by atoms with E-state index in [0.29, 0.717) is 0 Å². The van der Waals surface area contributed by atoms with Gasteiger partial charge in [0, 0.05) is 6.07 Å². The Hall–Kier alpha value is -2.54. The van der Waals surface area contributed by atoms with Gasteiger partial charge in [0.1, 0.15) is 16.6 Å². The van der Waals surface area contributed by atoms with E-state index in [1.807, 2.05) is 0 Å². The highest BCUT2D eigenvalue weighted by Gasteiger charge is 2.17. The van der Waals surface area contributed by atoms with E-state index >= 15 is 0 Å². The lowest BCUT2D eigenvalue weighted by Gasteiger charge is -2.12. The van der Waals surface area contributed by atoms with Gasteiger partial charge in [-0.05, 0) is 18.2 Å². The zero-order chi connectivity index (χ0) is 15.7. The van der Waals surface area contributed by atoms with Crippen molar-refractivity contribution < 1.29 is 18.3 Å². The second-order valence-electron chi connectivity index (χ2n) is 4.12. The number of benzene rings is 2. The number of halogens is 3. The fourth-order valence-corrected chi connectivity index (χ4v) is 1.77. The average Bonchev–Trinajstić information content (AvgIpc) is 2.41. The van der Waals surface area contributed by atoms with E-state index in [1.54, 1.807) is 0 Å². The Labute approximate surface area is 123 Å². The van der Waals surface area contributed by atoms with Gasteiger partial charge in [0.05, 0.1) is 16.9 Å². The molecule has 6 N–H and O–H groups in total. The molecule has 0 bridgehead atoms. The summed E-state index contributed by atoms with van der Waals surface area (Å²) in [6, 6.07) is 4.45. The number of rotatable bonds is 3. The third-order valence-corrected chi connectivity index (χ3v) is 3.03. The van der Waals surface area contributed by atoms with Crippen LogP contribution in [0, 0.1) is 11.6 Å². The number of carbonyl (C=O) groups is 1. The van der Waals surface area contributed by atoms with Crippen LogP contribution in [0.15, 0.2) is 24.3 Å². The second kappa shape index (κ2) is 5.45. The first kappa shape index (κ1) is 14.9. The summed E-state index contributed by atoms with van der Waals surface area (Å²) in [5.74, 6) is -3.27. The van der Waals surface area contributed by atoms with Gasteiger partial charge in [0.2, 0.25) is 0 Å². The molecule has 0 saturated heterocycles. The van der Waals surface area contributed by atoms with Gasteiger partial charge in [-0.1, -0.05) is 11.6 Å². The van der Waals surface area contributed by atoms with Crippen LogP contribution in [-0.4, -0.2) is 5.91 Å².